The number of ether oxygens (including phenoxy) is 1. The molecule has 3 saturated carbocycles. The van der Waals surface area contributed by atoms with Crippen molar-refractivity contribution < 1.29 is 35.5 Å². The molecule has 0 saturated heterocycles. The van der Waals surface area contributed by atoms with E-state index < -0.39 is 36.1 Å². The summed E-state index contributed by atoms with van der Waals surface area (Å²) in [4.78, 5) is 12.1. The number of hydrogen-bond donors (Lipinski definition) is 3. The van der Waals surface area contributed by atoms with E-state index in [4.69, 9.17) is 4.74 Å². The number of nitrogens with one attached hydrogen (secondary N) is 1. The highest BCUT2D eigenvalue weighted by molar-refractivity contribution is 7.86. The van der Waals surface area contributed by atoms with Gasteiger partial charge in [-0.1, -0.05) is 77.7 Å². The molecule has 8 unspecified atom stereocenters. The standard InChI is InChI=1S/C38H53NO8S2/c1-23(2)8-6-9-24(3)29-14-15-30-27-13-12-25-22-26(18-20-37(25,4)31(27)19-21-38(29,30)5)47-36(40)39-32-16-17-33(48(41,42)43)28-10-7-11-34(35(28)32)49(44,45)46/h7,10-12,16-17,23-24,26-27,29-31H,6,8-9,13-15,18-22H2,1-5H3,(H,39,40)(H,41,42,43)(H,44,45,46). The second-order valence-electron chi connectivity index (χ2n) is 16.4. The first-order valence-corrected chi connectivity index (χ1v) is 21.0. The zero-order chi connectivity index (χ0) is 35.5. The van der Waals surface area contributed by atoms with E-state index in [2.05, 4.69) is 46.0 Å². The number of carbonyl (C=O) groups is 1. The van der Waals surface area contributed by atoms with Gasteiger partial charge in [-0.15, -0.1) is 0 Å². The quantitative estimate of drug-likeness (QED) is 0.172. The van der Waals surface area contributed by atoms with Gasteiger partial charge in [0.25, 0.3) is 20.2 Å². The Morgan fingerprint density at radius 3 is 2.35 bits per heavy atom. The third-order valence-electron chi connectivity index (χ3n) is 13.3. The minimum atomic E-state index is -4.81. The average molecular weight is 716 g/mol. The van der Waals surface area contributed by atoms with E-state index in [9.17, 15) is 30.7 Å². The molecule has 0 heterocycles. The minimum Gasteiger partial charge on any atom is -0.446 e. The lowest BCUT2D eigenvalue weighted by Crippen LogP contribution is -2.51. The van der Waals surface area contributed by atoms with E-state index in [0.717, 1.165) is 48.6 Å². The summed E-state index contributed by atoms with van der Waals surface area (Å²) >= 11 is 0. The number of benzene rings is 2. The zero-order valence-electron chi connectivity index (χ0n) is 29.4. The molecule has 3 fully saturated rings. The third kappa shape index (κ3) is 6.81. The Morgan fingerprint density at radius 1 is 0.918 bits per heavy atom. The molecule has 1 amide bonds. The topological polar surface area (TPSA) is 147 Å². The van der Waals surface area contributed by atoms with Crippen molar-refractivity contribution in [2.45, 2.75) is 121 Å². The number of carbonyl (C=O) groups excluding carboxylic acids is 1. The fourth-order valence-corrected chi connectivity index (χ4v) is 12.4. The summed E-state index contributed by atoms with van der Waals surface area (Å²) in [7, 11) is -9.54. The van der Waals surface area contributed by atoms with Crippen molar-refractivity contribution in [1.82, 2.24) is 0 Å². The van der Waals surface area contributed by atoms with Crippen LogP contribution in [-0.2, 0) is 25.0 Å². The Labute approximate surface area is 292 Å². The highest BCUT2D eigenvalue weighted by atomic mass is 32.2. The normalized spacial score (nSPS) is 32.2. The van der Waals surface area contributed by atoms with Crippen molar-refractivity contribution in [3.63, 3.8) is 0 Å². The molecule has 2 aromatic carbocycles. The maximum Gasteiger partial charge on any atom is 0.411 e. The van der Waals surface area contributed by atoms with Gasteiger partial charge in [0.1, 0.15) is 15.9 Å². The summed E-state index contributed by atoms with van der Waals surface area (Å²) < 4.78 is 74.0. The number of fused-ring (bicyclic) bond motifs is 6. The van der Waals surface area contributed by atoms with Crippen LogP contribution in [0.5, 0.6) is 0 Å². The lowest BCUT2D eigenvalue weighted by molar-refractivity contribution is -0.0577. The van der Waals surface area contributed by atoms with Crippen LogP contribution in [0.3, 0.4) is 0 Å². The summed E-state index contributed by atoms with van der Waals surface area (Å²) in [6.45, 7) is 12.2. The lowest BCUT2D eigenvalue weighted by atomic mass is 9.47. The molecule has 6 rings (SSSR count). The highest BCUT2D eigenvalue weighted by Gasteiger charge is 2.59. The molecule has 4 aliphatic rings. The summed E-state index contributed by atoms with van der Waals surface area (Å²) in [5.74, 6) is 4.42. The molecule has 11 heteroatoms. The van der Waals surface area contributed by atoms with Gasteiger partial charge in [0, 0.05) is 17.2 Å². The van der Waals surface area contributed by atoms with E-state index in [1.807, 2.05) is 0 Å². The predicted octanol–water partition coefficient (Wildman–Crippen LogP) is 9.29. The predicted molar refractivity (Wildman–Crippen MR) is 191 cm³/mol. The largest absolute Gasteiger partial charge is 0.446 e. The van der Waals surface area contributed by atoms with Crippen LogP contribution < -0.4 is 5.32 Å². The Kier molecular flexibility index (Phi) is 9.83. The van der Waals surface area contributed by atoms with Crippen LogP contribution in [0.25, 0.3) is 10.8 Å². The fraction of sp³-hybridized carbons (Fsp3) is 0.658. The second-order valence-corrected chi connectivity index (χ2v) is 19.2. The molecular formula is C38H53NO8S2. The summed E-state index contributed by atoms with van der Waals surface area (Å²) in [5, 5.41) is 2.18. The van der Waals surface area contributed by atoms with Gasteiger partial charge in [-0.3, -0.25) is 14.4 Å². The van der Waals surface area contributed by atoms with E-state index in [1.165, 1.54) is 68.7 Å². The molecule has 0 spiro atoms. The molecule has 0 radical (unpaired) electrons. The number of hydrogen-bond acceptors (Lipinski definition) is 6. The van der Waals surface area contributed by atoms with E-state index in [1.54, 1.807) is 0 Å². The van der Waals surface area contributed by atoms with Crippen LogP contribution in [0.4, 0.5) is 10.5 Å². The van der Waals surface area contributed by atoms with Crippen molar-refractivity contribution in [3.05, 3.63) is 42.0 Å². The van der Waals surface area contributed by atoms with E-state index in [-0.39, 0.29) is 28.0 Å². The van der Waals surface area contributed by atoms with Gasteiger partial charge < -0.3 is 4.74 Å². The summed E-state index contributed by atoms with van der Waals surface area (Å²) in [6, 6.07) is 5.89. The molecule has 3 N–H and O–H groups in total. The van der Waals surface area contributed by atoms with Gasteiger partial charge >= 0.3 is 6.09 Å². The lowest BCUT2D eigenvalue weighted by Gasteiger charge is -2.58. The van der Waals surface area contributed by atoms with Crippen LogP contribution in [-0.4, -0.2) is 38.1 Å². The zero-order valence-corrected chi connectivity index (χ0v) is 31.1. The molecule has 0 aliphatic heterocycles. The van der Waals surface area contributed by atoms with Gasteiger partial charge in [-0.2, -0.15) is 16.8 Å². The number of anilines is 1. The van der Waals surface area contributed by atoms with E-state index in [0.29, 0.717) is 30.1 Å². The van der Waals surface area contributed by atoms with Gasteiger partial charge in [-0.05, 0) is 109 Å². The Morgan fingerprint density at radius 2 is 1.65 bits per heavy atom. The number of allylic oxidation sites excluding steroid dienone is 1. The first kappa shape index (κ1) is 36.3. The van der Waals surface area contributed by atoms with Gasteiger partial charge in [0.2, 0.25) is 0 Å². The maximum absolute atomic E-state index is 13.2. The monoisotopic (exact) mass is 715 g/mol. The van der Waals surface area contributed by atoms with Crippen LogP contribution in [0, 0.1) is 46.3 Å². The first-order chi connectivity index (χ1) is 22.9. The second kappa shape index (κ2) is 13.3. The third-order valence-corrected chi connectivity index (χ3v) is 15.1. The van der Waals surface area contributed by atoms with E-state index >= 15 is 0 Å². The van der Waals surface area contributed by atoms with Crippen LogP contribution in [0.15, 0.2) is 51.8 Å². The molecule has 270 valence electrons. The van der Waals surface area contributed by atoms with Gasteiger partial charge in [-0.25, -0.2) is 4.79 Å². The van der Waals surface area contributed by atoms with Crippen molar-refractivity contribution in [2.24, 2.45) is 46.3 Å². The van der Waals surface area contributed by atoms with Gasteiger partial charge in [0.15, 0.2) is 0 Å². The molecule has 0 bridgehead atoms. The van der Waals surface area contributed by atoms with Crippen LogP contribution in [0.2, 0.25) is 0 Å². The molecule has 4 aliphatic carbocycles. The van der Waals surface area contributed by atoms with Crippen LogP contribution in [0.1, 0.15) is 105 Å². The minimum absolute atomic E-state index is 0.0599. The average Bonchev–Trinajstić information content (AvgIpc) is 3.37. The Balaban J connectivity index is 1.16. The molecule has 9 nitrogen and oxygen atoms in total. The smallest absolute Gasteiger partial charge is 0.411 e. The van der Waals surface area contributed by atoms with Gasteiger partial charge in [0.05, 0.1) is 5.69 Å². The molecule has 2 aromatic rings. The van der Waals surface area contributed by atoms with Crippen molar-refractivity contribution in [3.8, 4) is 0 Å². The van der Waals surface area contributed by atoms with Crippen molar-refractivity contribution in [1.29, 1.82) is 0 Å². The van der Waals surface area contributed by atoms with Crippen molar-refractivity contribution >= 4 is 42.8 Å². The van der Waals surface area contributed by atoms with Crippen molar-refractivity contribution in [2.75, 3.05) is 5.32 Å². The first-order valence-electron chi connectivity index (χ1n) is 18.1. The highest BCUT2D eigenvalue weighted by Crippen LogP contribution is 2.67. The molecule has 49 heavy (non-hydrogen) atoms. The maximum atomic E-state index is 13.2. The molecule has 8 atom stereocenters. The number of amides is 1. The molecule has 0 aromatic heterocycles. The SMILES string of the molecule is CC(C)CCCC(C)C1CCC2C3CC=C4CC(OC(=O)Nc5ccc(S(=O)(=O)O)c6cccc(S(=O)(=O)O)c56)CCC4(C)C3CCC12C. The summed E-state index contributed by atoms with van der Waals surface area (Å²) in [5.41, 5.74) is 1.80. The fourth-order valence-electron chi connectivity index (χ4n) is 10.9. The van der Waals surface area contributed by atoms with Crippen LogP contribution >= 0.6 is 0 Å². The Hall–Kier alpha value is -2.47. The number of rotatable bonds is 9. The summed E-state index contributed by atoms with van der Waals surface area (Å²) in [6.07, 6.45) is 13.8. The molecular weight excluding hydrogens is 663 g/mol. The Bertz CT molecular complexity index is 1850.